The number of esters is 1. The average Bonchev–Trinajstić information content (AvgIpc) is 1.94. The number of hydrogen-bond acceptors (Lipinski definition) is 3. The predicted octanol–water partition coefficient (Wildman–Crippen LogP) is 2.02. The van der Waals surface area contributed by atoms with Crippen molar-refractivity contribution in [2.75, 3.05) is 0 Å². The maximum absolute atomic E-state index is 11.3. The summed E-state index contributed by atoms with van der Waals surface area (Å²) in [6.45, 7) is 5.55. The monoisotopic (exact) mass is 200 g/mol. The minimum atomic E-state index is -0.573. The summed E-state index contributed by atoms with van der Waals surface area (Å²) in [4.78, 5) is 11.3. The molecule has 0 aliphatic heterocycles. The molecule has 0 radical (unpaired) electrons. The van der Waals surface area contributed by atoms with E-state index in [0.29, 0.717) is 12.8 Å². The van der Waals surface area contributed by atoms with E-state index in [2.05, 4.69) is 0 Å². The molecule has 3 nitrogen and oxygen atoms in total. The van der Waals surface area contributed by atoms with Gasteiger partial charge in [0.25, 0.3) is 0 Å². The van der Waals surface area contributed by atoms with Crippen LogP contribution in [0.25, 0.3) is 0 Å². The molecular weight excluding hydrogens is 180 g/mol. The van der Waals surface area contributed by atoms with Crippen molar-refractivity contribution >= 4 is 5.97 Å². The second-order valence-electron chi connectivity index (χ2n) is 5.16. The first kappa shape index (κ1) is 11.5. The minimum Gasteiger partial charge on any atom is -0.460 e. The van der Waals surface area contributed by atoms with Gasteiger partial charge in [-0.2, -0.15) is 0 Å². The zero-order valence-electron chi connectivity index (χ0n) is 9.30. The van der Waals surface area contributed by atoms with Crippen LogP contribution in [0, 0.1) is 0 Å². The highest BCUT2D eigenvalue weighted by molar-refractivity contribution is 5.69. The van der Waals surface area contributed by atoms with E-state index in [1.807, 2.05) is 20.8 Å². The van der Waals surface area contributed by atoms with E-state index < -0.39 is 11.2 Å². The standard InChI is InChI=1S/C11H20O3/c1-10(2,3)14-9(12)5-8-11(13)6-4-7-11/h13H,4-8H2,1-3H3. The highest BCUT2D eigenvalue weighted by Gasteiger charge is 2.34. The van der Waals surface area contributed by atoms with Gasteiger partial charge in [-0.3, -0.25) is 4.79 Å². The molecule has 0 atom stereocenters. The number of ether oxygens (including phenoxy) is 1. The van der Waals surface area contributed by atoms with Crippen molar-refractivity contribution in [3.63, 3.8) is 0 Å². The fourth-order valence-corrected chi connectivity index (χ4v) is 1.56. The van der Waals surface area contributed by atoms with Crippen LogP contribution >= 0.6 is 0 Å². The summed E-state index contributed by atoms with van der Waals surface area (Å²) in [6, 6.07) is 0. The average molecular weight is 200 g/mol. The lowest BCUT2D eigenvalue weighted by Gasteiger charge is -2.36. The van der Waals surface area contributed by atoms with Crippen molar-refractivity contribution in [2.45, 2.75) is 64.1 Å². The number of aliphatic hydroxyl groups is 1. The van der Waals surface area contributed by atoms with E-state index in [-0.39, 0.29) is 5.97 Å². The van der Waals surface area contributed by atoms with E-state index in [0.717, 1.165) is 19.3 Å². The highest BCUT2D eigenvalue weighted by Crippen LogP contribution is 2.35. The predicted molar refractivity (Wildman–Crippen MR) is 53.9 cm³/mol. The second-order valence-corrected chi connectivity index (χ2v) is 5.16. The Labute approximate surface area is 85.5 Å². The topological polar surface area (TPSA) is 46.5 Å². The van der Waals surface area contributed by atoms with Crippen molar-refractivity contribution < 1.29 is 14.6 Å². The second kappa shape index (κ2) is 3.89. The first-order chi connectivity index (χ1) is 6.31. The van der Waals surface area contributed by atoms with E-state index >= 15 is 0 Å². The Hall–Kier alpha value is -0.570. The number of hydrogen-bond donors (Lipinski definition) is 1. The van der Waals surface area contributed by atoms with Crippen molar-refractivity contribution in [1.29, 1.82) is 0 Å². The molecule has 82 valence electrons. The fourth-order valence-electron chi connectivity index (χ4n) is 1.56. The molecule has 1 fully saturated rings. The smallest absolute Gasteiger partial charge is 0.306 e. The molecule has 0 aromatic rings. The van der Waals surface area contributed by atoms with E-state index in [9.17, 15) is 9.90 Å². The summed E-state index contributed by atoms with van der Waals surface area (Å²) in [6.07, 6.45) is 3.60. The molecule has 0 spiro atoms. The van der Waals surface area contributed by atoms with Gasteiger partial charge in [-0.1, -0.05) is 0 Å². The third kappa shape index (κ3) is 3.66. The number of rotatable bonds is 3. The SMILES string of the molecule is CC(C)(C)OC(=O)CCC1(O)CCC1. The molecule has 1 aliphatic rings. The normalized spacial score (nSPS) is 20.0. The highest BCUT2D eigenvalue weighted by atomic mass is 16.6. The Balaban J connectivity index is 2.21. The van der Waals surface area contributed by atoms with Crippen LogP contribution < -0.4 is 0 Å². The summed E-state index contributed by atoms with van der Waals surface area (Å²) in [5, 5.41) is 9.75. The van der Waals surface area contributed by atoms with Crippen LogP contribution in [-0.2, 0) is 9.53 Å². The van der Waals surface area contributed by atoms with Gasteiger partial charge in [0.2, 0.25) is 0 Å². The Morgan fingerprint density at radius 1 is 1.43 bits per heavy atom. The summed E-state index contributed by atoms with van der Waals surface area (Å²) in [5.74, 6) is -0.210. The Kier molecular flexibility index (Phi) is 3.20. The molecule has 0 saturated heterocycles. The zero-order chi connectivity index (χ0) is 10.8. The molecule has 0 bridgehead atoms. The molecule has 0 unspecified atom stereocenters. The lowest BCUT2D eigenvalue weighted by atomic mass is 9.77. The zero-order valence-corrected chi connectivity index (χ0v) is 9.30. The molecule has 0 aromatic carbocycles. The van der Waals surface area contributed by atoms with Gasteiger partial charge in [-0.15, -0.1) is 0 Å². The molecule has 3 heteroatoms. The van der Waals surface area contributed by atoms with E-state index in [1.54, 1.807) is 0 Å². The van der Waals surface area contributed by atoms with Gasteiger partial charge in [-0.25, -0.2) is 0 Å². The molecule has 1 rings (SSSR count). The van der Waals surface area contributed by atoms with Gasteiger partial charge < -0.3 is 9.84 Å². The summed E-state index contributed by atoms with van der Waals surface area (Å²) in [7, 11) is 0. The fraction of sp³-hybridized carbons (Fsp3) is 0.909. The summed E-state index contributed by atoms with van der Waals surface area (Å²) in [5.41, 5.74) is -0.990. The van der Waals surface area contributed by atoms with Crippen molar-refractivity contribution in [3.05, 3.63) is 0 Å². The summed E-state index contributed by atoms with van der Waals surface area (Å²) >= 11 is 0. The molecule has 0 heterocycles. The maximum Gasteiger partial charge on any atom is 0.306 e. The van der Waals surface area contributed by atoms with Gasteiger partial charge in [0.05, 0.1) is 5.60 Å². The van der Waals surface area contributed by atoms with Crippen LogP contribution in [0.3, 0.4) is 0 Å². The number of carbonyl (C=O) groups is 1. The molecule has 0 amide bonds. The van der Waals surface area contributed by atoms with Crippen molar-refractivity contribution in [3.8, 4) is 0 Å². The maximum atomic E-state index is 11.3. The molecule has 1 aliphatic carbocycles. The van der Waals surface area contributed by atoms with Gasteiger partial charge >= 0.3 is 5.97 Å². The Bertz CT molecular complexity index is 211. The number of carbonyl (C=O) groups excluding carboxylic acids is 1. The molecule has 1 saturated carbocycles. The van der Waals surface area contributed by atoms with Gasteiger partial charge in [0.1, 0.15) is 5.60 Å². The third-order valence-electron chi connectivity index (χ3n) is 2.50. The van der Waals surface area contributed by atoms with Crippen molar-refractivity contribution in [2.24, 2.45) is 0 Å². The first-order valence-corrected chi connectivity index (χ1v) is 5.25. The third-order valence-corrected chi connectivity index (χ3v) is 2.50. The van der Waals surface area contributed by atoms with Crippen LogP contribution in [0.4, 0.5) is 0 Å². The first-order valence-electron chi connectivity index (χ1n) is 5.25. The summed E-state index contributed by atoms with van der Waals surface area (Å²) < 4.78 is 5.15. The van der Waals surface area contributed by atoms with Gasteiger partial charge in [0, 0.05) is 6.42 Å². The van der Waals surface area contributed by atoms with E-state index in [1.165, 1.54) is 0 Å². The minimum absolute atomic E-state index is 0.210. The Morgan fingerprint density at radius 2 is 2.00 bits per heavy atom. The lowest BCUT2D eigenvalue weighted by molar-refractivity contribution is -0.157. The quantitative estimate of drug-likeness (QED) is 0.709. The molecule has 1 N–H and O–H groups in total. The Morgan fingerprint density at radius 3 is 2.36 bits per heavy atom. The van der Waals surface area contributed by atoms with Crippen LogP contribution in [0.1, 0.15) is 52.9 Å². The van der Waals surface area contributed by atoms with Crippen molar-refractivity contribution in [1.82, 2.24) is 0 Å². The van der Waals surface area contributed by atoms with Crippen LogP contribution in [0.5, 0.6) is 0 Å². The lowest BCUT2D eigenvalue weighted by Crippen LogP contribution is -2.37. The van der Waals surface area contributed by atoms with Crippen LogP contribution in [-0.4, -0.2) is 22.3 Å². The largest absolute Gasteiger partial charge is 0.460 e. The molecule has 0 aromatic heterocycles. The molecule has 14 heavy (non-hydrogen) atoms. The molecular formula is C11H20O3. The van der Waals surface area contributed by atoms with Gasteiger partial charge in [0.15, 0.2) is 0 Å². The van der Waals surface area contributed by atoms with Crippen LogP contribution in [0.2, 0.25) is 0 Å². The van der Waals surface area contributed by atoms with E-state index in [4.69, 9.17) is 4.74 Å². The van der Waals surface area contributed by atoms with Gasteiger partial charge in [-0.05, 0) is 46.5 Å². The van der Waals surface area contributed by atoms with Crippen LogP contribution in [0.15, 0.2) is 0 Å².